The van der Waals surface area contributed by atoms with E-state index in [2.05, 4.69) is 21.2 Å². The Hall–Kier alpha value is -1.43. The van der Waals surface area contributed by atoms with Crippen LogP contribution in [0.5, 0.6) is 0 Å². The van der Waals surface area contributed by atoms with Gasteiger partial charge in [-0.15, -0.1) is 0 Å². The van der Waals surface area contributed by atoms with Gasteiger partial charge in [0.25, 0.3) is 5.56 Å². The molecule has 3 rings (SSSR count). The third-order valence-corrected chi connectivity index (χ3v) is 4.68. The van der Waals surface area contributed by atoms with Gasteiger partial charge in [0.2, 0.25) is 0 Å². The van der Waals surface area contributed by atoms with Gasteiger partial charge in [0.1, 0.15) is 0 Å². The van der Waals surface area contributed by atoms with Crippen LogP contribution in [-0.4, -0.2) is 23.8 Å². The van der Waals surface area contributed by atoms with Crippen LogP contribution in [0, 0.1) is 0 Å². The Bertz CT molecular complexity index is 698. The van der Waals surface area contributed by atoms with E-state index >= 15 is 0 Å². The number of rotatable bonds is 5. The molecule has 4 nitrogen and oxygen atoms in total. The maximum absolute atomic E-state index is 12.3. The highest BCUT2D eigenvalue weighted by Gasteiger charge is 2.30. The van der Waals surface area contributed by atoms with Crippen molar-refractivity contribution in [1.82, 2.24) is 9.88 Å². The minimum absolute atomic E-state index is 0.0632. The highest BCUT2D eigenvalue weighted by atomic mass is 79.9. The number of benzene rings is 1. The number of hydrogen-bond donors (Lipinski definition) is 1. The van der Waals surface area contributed by atoms with Gasteiger partial charge in [-0.3, -0.25) is 9.36 Å². The van der Waals surface area contributed by atoms with Gasteiger partial charge in [-0.1, -0.05) is 18.2 Å². The van der Waals surface area contributed by atoms with Crippen molar-refractivity contribution in [2.75, 3.05) is 7.05 Å². The minimum atomic E-state index is -0.0632. The number of nitrogens with one attached hydrogen (secondary N) is 1. The molecular formula is C17H19BrN2O2. The molecule has 1 heterocycles. The van der Waals surface area contributed by atoms with Crippen molar-refractivity contribution in [3.05, 3.63) is 63.0 Å². The molecule has 1 saturated carbocycles. The zero-order valence-corrected chi connectivity index (χ0v) is 14.0. The van der Waals surface area contributed by atoms with Gasteiger partial charge < -0.3 is 10.1 Å². The van der Waals surface area contributed by atoms with Gasteiger partial charge in [0.05, 0.1) is 17.2 Å². The quantitative estimate of drug-likeness (QED) is 0.889. The maximum Gasteiger partial charge on any atom is 0.269 e. The van der Waals surface area contributed by atoms with Crippen molar-refractivity contribution in [2.45, 2.75) is 31.6 Å². The van der Waals surface area contributed by atoms with Crippen LogP contribution in [0.4, 0.5) is 0 Å². The predicted octanol–water partition coefficient (Wildman–Crippen LogP) is 2.87. The highest BCUT2D eigenvalue weighted by molar-refractivity contribution is 9.10. The fraction of sp³-hybridized carbons (Fsp3) is 0.353. The Labute approximate surface area is 138 Å². The van der Waals surface area contributed by atoms with Crippen molar-refractivity contribution < 1.29 is 4.74 Å². The topological polar surface area (TPSA) is 43.3 Å². The van der Waals surface area contributed by atoms with Crippen molar-refractivity contribution in [1.29, 1.82) is 0 Å². The zero-order valence-electron chi connectivity index (χ0n) is 12.5. The van der Waals surface area contributed by atoms with Gasteiger partial charge >= 0.3 is 0 Å². The molecule has 2 aromatic rings. The van der Waals surface area contributed by atoms with Crippen LogP contribution >= 0.6 is 15.9 Å². The van der Waals surface area contributed by atoms with E-state index in [0.717, 1.165) is 24.1 Å². The number of nitrogens with zero attached hydrogens (tertiary/aromatic N) is 1. The molecule has 0 unspecified atom stereocenters. The van der Waals surface area contributed by atoms with Gasteiger partial charge in [-0.25, -0.2) is 0 Å². The molecule has 0 bridgehead atoms. The van der Waals surface area contributed by atoms with E-state index in [9.17, 15) is 4.79 Å². The molecule has 1 fully saturated rings. The van der Waals surface area contributed by atoms with E-state index in [4.69, 9.17) is 4.74 Å². The second-order valence-electron chi connectivity index (χ2n) is 5.53. The number of halogens is 1. The Balaban J connectivity index is 1.81. The lowest BCUT2D eigenvalue weighted by Gasteiger charge is -2.36. The Morgan fingerprint density at radius 2 is 2.09 bits per heavy atom. The van der Waals surface area contributed by atoms with Crippen molar-refractivity contribution in [3.63, 3.8) is 0 Å². The van der Waals surface area contributed by atoms with Crippen LogP contribution in [-0.2, 0) is 11.3 Å². The highest BCUT2D eigenvalue weighted by Crippen LogP contribution is 2.24. The van der Waals surface area contributed by atoms with Crippen LogP contribution in [0.1, 0.15) is 18.4 Å². The molecule has 116 valence electrons. The van der Waals surface area contributed by atoms with Gasteiger partial charge in [-0.05, 0) is 59.6 Å². The number of para-hydroxylation sites is 1. The zero-order chi connectivity index (χ0) is 15.5. The monoisotopic (exact) mass is 362 g/mol. The predicted molar refractivity (Wildman–Crippen MR) is 90.4 cm³/mol. The van der Waals surface area contributed by atoms with Gasteiger partial charge in [0, 0.05) is 17.9 Å². The lowest BCUT2D eigenvalue weighted by Crippen LogP contribution is -2.47. The molecule has 0 aliphatic heterocycles. The van der Waals surface area contributed by atoms with Crippen LogP contribution in [0.3, 0.4) is 0 Å². The van der Waals surface area contributed by atoms with E-state index in [1.54, 1.807) is 4.57 Å². The average Bonchev–Trinajstić information content (AvgIpc) is 2.51. The van der Waals surface area contributed by atoms with Crippen molar-refractivity contribution in [2.24, 2.45) is 0 Å². The summed E-state index contributed by atoms with van der Waals surface area (Å²) < 4.78 is 8.16. The van der Waals surface area contributed by atoms with Crippen LogP contribution in [0.2, 0.25) is 0 Å². The first-order valence-corrected chi connectivity index (χ1v) is 8.23. The van der Waals surface area contributed by atoms with E-state index in [-0.39, 0.29) is 11.7 Å². The molecule has 1 aromatic heterocycles. The first-order chi connectivity index (χ1) is 10.7. The van der Waals surface area contributed by atoms with Crippen molar-refractivity contribution in [3.8, 4) is 5.69 Å². The number of pyridine rings is 1. The Kier molecular flexibility index (Phi) is 4.76. The summed E-state index contributed by atoms with van der Waals surface area (Å²) in [6, 6.07) is 11.9. The molecule has 1 aromatic carbocycles. The molecule has 22 heavy (non-hydrogen) atoms. The molecule has 0 saturated heterocycles. The third-order valence-electron chi connectivity index (χ3n) is 4.11. The average molecular weight is 363 g/mol. The molecule has 2 atom stereocenters. The van der Waals surface area contributed by atoms with Gasteiger partial charge in [-0.2, -0.15) is 0 Å². The maximum atomic E-state index is 12.3. The van der Waals surface area contributed by atoms with E-state index in [1.165, 1.54) is 0 Å². The Morgan fingerprint density at radius 3 is 2.73 bits per heavy atom. The number of likely N-dealkylation sites (N-methyl/N-ethyl adjacent to an activating group) is 1. The minimum Gasteiger partial charge on any atom is -0.372 e. The first-order valence-electron chi connectivity index (χ1n) is 7.44. The van der Waals surface area contributed by atoms with Crippen molar-refractivity contribution >= 4 is 15.9 Å². The number of hydrogen-bond acceptors (Lipinski definition) is 3. The standard InChI is InChI=1S/C17H19BrN2O2/c1-19-15-7-8-16(15)22-11-12-9-14(18)17(21)20(10-12)13-5-3-2-4-6-13/h2-6,9-10,15-16,19H,7-8,11H2,1H3/t15-,16-/m1/s1. The summed E-state index contributed by atoms with van der Waals surface area (Å²) in [5, 5.41) is 3.26. The lowest BCUT2D eigenvalue weighted by molar-refractivity contribution is -0.0339. The molecule has 1 aliphatic rings. The summed E-state index contributed by atoms with van der Waals surface area (Å²) in [5.41, 5.74) is 1.77. The molecule has 0 spiro atoms. The van der Waals surface area contributed by atoms with E-state index in [0.29, 0.717) is 17.1 Å². The number of ether oxygens (including phenoxy) is 1. The summed E-state index contributed by atoms with van der Waals surface area (Å²) in [7, 11) is 1.96. The molecule has 0 amide bonds. The fourth-order valence-corrected chi connectivity index (χ4v) is 3.15. The van der Waals surface area contributed by atoms with E-state index < -0.39 is 0 Å². The molecule has 5 heteroatoms. The smallest absolute Gasteiger partial charge is 0.269 e. The molecule has 1 N–H and O–H groups in total. The van der Waals surface area contributed by atoms with Crippen LogP contribution < -0.4 is 10.9 Å². The summed E-state index contributed by atoms with van der Waals surface area (Å²) >= 11 is 3.36. The first kappa shape index (κ1) is 15.5. The summed E-state index contributed by atoms with van der Waals surface area (Å²) in [4.78, 5) is 12.3. The Morgan fingerprint density at radius 1 is 1.32 bits per heavy atom. The largest absolute Gasteiger partial charge is 0.372 e. The summed E-state index contributed by atoms with van der Waals surface area (Å²) in [6.45, 7) is 0.508. The number of aromatic nitrogens is 1. The SMILES string of the molecule is CN[C@@H]1CC[C@H]1OCc1cc(Br)c(=O)n(-c2ccccc2)c1. The normalized spacial score (nSPS) is 20.6. The second kappa shape index (κ2) is 6.77. The third kappa shape index (κ3) is 3.16. The lowest BCUT2D eigenvalue weighted by atomic mass is 9.89. The van der Waals surface area contributed by atoms with Gasteiger partial charge in [0.15, 0.2) is 0 Å². The second-order valence-corrected chi connectivity index (χ2v) is 6.38. The molecule has 1 aliphatic carbocycles. The van der Waals surface area contributed by atoms with E-state index in [1.807, 2.05) is 49.6 Å². The molecular weight excluding hydrogens is 344 g/mol. The molecule has 0 radical (unpaired) electrons. The fourth-order valence-electron chi connectivity index (χ4n) is 2.66. The van der Waals surface area contributed by atoms with Crippen LogP contribution in [0.25, 0.3) is 5.69 Å². The van der Waals surface area contributed by atoms with Crippen LogP contribution in [0.15, 0.2) is 51.9 Å². The summed E-state index contributed by atoms with van der Waals surface area (Å²) in [5.74, 6) is 0. The summed E-state index contributed by atoms with van der Waals surface area (Å²) in [6.07, 6.45) is 4.37.